The third kappa shape index (κ3) is 2.59. The molecule has 0 bridgehead atoms. The number of rotatable bonds is 4. The van der Waals surface area contributed by atoms with E-state index >= 15 is 0 Å². The van der Waals surface area contributed by atoms with Crippen molar-refractivity contribution in [1.29, 1.82) is 0 Å². The fraction of sp³-hybridized carbons (Fsp3) is 0.200. The number of halogens is 2. The Labute approximate surface area is 95.3 Å². The van der Waals surface area contributed by atoms with E-state index in [0.29, 0.717) is 6.54 Å². The molecule has 0 atom stereocenters. The standard InChI is InChI=1S/C10H9F2N3S/c11-9-2-1-3-10(12)8(9)5-13-4-7-6-16-15-14-7/h1-3,6,13H,4-5H2. The second-order valence-electron chi connectivity index (χ2n) is 3.20. The van der Waals surface area contributed by atoms with Crippen LogP contribution in [0.15, 0.2) is 23.6 Å². The van der Waals surface area contributed by atoms with Gasteiger partial charge in [0.25, 0.3) is 0 Å². The highest BCUT2D eigenvalue weighted by Gasteiger charge is 2.07. The summed E-state index contributed by atoms with van der Waals surface area (Å²) in [7, 11) is 0. The summed E-state index contributed by atoms with van der Waals surface area (Å²) in [5.41, 5.74) is 0.812. The highest BCUT2D eigenvalue weighted by Crippen LogP contribution is 2.11. The molecule has 0 radical (unpaired) electrons. The minimum Gasteiger partial charge on any atom is -0.307 e. The van der Waals surface area contributed by atoms with Gasteiger partial charge in [-0.15, -0.1) is 5.10 Å². The van der Waals surface area contributed by atoms with Crippen molar-refractivity contribution in [2.45, 2.75) is 13.1 Å². The maximum absolute atomic E-state index is 13.2. The van der Waals surface area contributed by atoms with Crippen LogP contribution in [0, 0.1) is 11.6 Å². The smallest absolute Gasteiger partial charge is 0.130 e. The predicted octanol–water partition coefficient (Wildman–Crippen LogP) is 2.11. The molecule has 0 saturated heterocycles. The molecule has 1 N–H and O–H groups in total. The first-order valence-electron chi connectivity index (χ1n) is 4.67. The van der Waals surface area contributed by atoms with Crippen molar-refractivity contribution in [3.63, 3.8) is 0 Å². The zero-order valence-corrected chi connectivity index (χ0v) is 9.10. The van der Waals surface area contributed by atoms with Crippen molar-refractivity contribution in [3.05, 3.63) is 46.5 Å². The first-order chi connectivity index (χ1) is 7.77. The zero-order valence-electron chi connectivity index (χ0n) is 8.28. The number of benzene rings is 1. The molecule has 0 spiro atoms. The highest BCUT2D eigenvalue weighted by molar-refractivity contribution is 7.03. The van der Waals surface area contributed by atoms with E-state index in [4.69, 9.17) is 0 Å². The van der Waals surface area contributed by atoms with E-state index in [1.807, 2.05) is 0 Å². The second kappa shape index (κ2) is 5.09. The van der Waals surface area contributed by atoms with E-state index in [-0.39, 0.29) is 12.1 Å². The molecule has 3 nitrogen and oxygen atoms in total. The number of hydrogen-bond acceptors (Lipinski definition) is 4. The molecule has 0 aliphatic heterocycles. The van der Waals surface area contributed by atoms with Crippen molar-refractivity contribution in [1.82, 2.24) is 14.9 Å². The molecule has 1 aromatic heterocycles. The molecule has 1 aromatic carbocycles. The highest BCUT2D eigenvalue weighted by atomic mass is 32.1. The van der Waals surface area contributed by atoms with Gasteiger partial charge in [0.05, 0.1) is 5.69 Å². The van der Waals surface area contributed by atoms with Crippen LogP contribution in [0.2, 0.25) is 0 Å². The number of hydrogen-bond donors (Lipinski definition) is 1. The lowest BCUT2D eigenvalue weighted by atomic mass is 10.2. The third-order valence-electron chi connectivity index (χ3n) is 2.07. The van der Waals surface area contributed by atoms with Crippen molar-refractivity contribution in [2.75, 3.05) is 0 Å². The topological polar surface area (TPSA) is 37.8 Å². The summed E-state index contributed by atoms with van der Waals surface area (Å²) in [5, 5.41) is 8.50. The van der Waals surface area contributed by atoms with Gasteiger partial charge in [0.1, 0.15) is 11.6 Å². The Kier molecular flexibility index (Phi) is 3.53. The van der Waals surface area contributed by atoms with Gasteiger partial charge in [-0.1, -0.05) is 10.6 Å². The summed E-state index contributed by atoms with van der Waals surface area (Å²) >= 11 is 1.24. The van der Waals surface area contributed by atoms with Gasteiger partial charge in [-0.05, 0) is 23.7 Å². The normalized spacial score (nSPS) is 10.6. The van der Waals surface area contributed by atoms with Crippen molar-refractivity contribution in [3.8, 4) is 0 Å². The van der Waals surface area contributed by atoms with Crippen LogP contribution < -0.4 is 5.32 Å². The number of aromatic nitrogens is 2. The summed E-state index contributed by atoms with van der Waals surface area (Å²) in [6, 6.07) is 3.83. The Morgan fingerprint density at radius 3 is 2.56 bits per heavy atom. The predicted molar refractivity (Wildman–Crippen MR) is 56.8 cm³/mol. The SMILES string of the molecule is Fc1cccc(F)c1CNCc1csnn1. The molecular weight excluding hydrogens is 232 g/mol. The van der Waals surface area contributed by atoms with Crippen LogP contribution in [0.5, 0.6) is 0 Å². The lowest BCUT2D eigenvalue weighted by Gasteiger charge is -2.05. The summed E-state index contributed by atoms with van der Waals surface area (Å²) in [6.45, 7) is 0.584. The van der Waals surface area contributed by atoms with E-state index in [0.717, 1.165) is 5.69 Å². The molecular formula is C10H9F2N3S. The van der Waals surface area contributed by atoms with E-state index in [2.05, 4.69) is 14.9 Å². The fourth-order valence-corrected chi connectivity index (χ4v) is 1.73. The van der Waals surface area contributed by atoms with Gasteiger partial charge in [0.15, 0.2) is 0 Å². The first kappa shape index (κ1) is 11.1. The van der Waals surface area contributed by atoms with Crippen LogP contribution in [0.3, 0.4) is 0 Å². The molecule has 0 aliphatic carbocycles. The van der Waals surface area contributed by atoms with Crippen LogP contribution in [-0.4, -0.2) is 9.59 Å². The second-order valence-corrected chi connectivity index (χ2v) is 3.81. The summed E-state index contributed by atoms with van der Waals surface area (Å²) < 4.78 is 30.1. The summed E-state index contributed by atoms with van der Waals surface area (Å²) in [5.74, 6) is -1.08. The average molecular weight is 241 g/mol. The minimum absolute atomic E-state index is 0.0469. The van der Waals surface area contributed by atoms with Gasteiger partial charge >= 0.3 is 0 Å². The molecule has 0 fully saturated rings. The Bertz CT molecular complexity index is 439. The lowest BCUT2D eigenvalue weighted by Crippen LogP contribution is -2.15. The van der Waals surface area contributed by atoms with E-state index in [1.54, 1.807) is 5.38 Å². The van der Waals surface area contributed by atoms with Gasteiger partial charge in [0, 0.05) is 24.0 Å². The fourth-order valence-electron chi connectivity index (χ4n) is 1.28. The van der Waals surface area contributed by atoms with Crippen LogP contribution in [0.1, 0.15) is 11.3 Å². The molecule has 84 valence electrons. The average Bonchev–Trinajstić information content (AvgIpc) is 2.75. The largest absolute Gasteiger partial charge is 0.307 e. The molecule has 0 unspecified atom stereocenters. The molecule has 2 rings (SSSR count). The van der Waals surface area contributed by atoms with Crippen molar-refractivity contribution >= 4 is 11.5 Å². The summed E-state index contributed by atoms with van der Waals surface area (Å²) in [4.78, 5) is 0. The van der Waals surface area contributed by atoms with Crippen molar-refractivity contribution < 1.29 is 8.78 Å². The van der Waals surface area contributed by atoms with Crippen molar-refractivity contribution in [2.24, 2.45) is 0 Å². The quantitative estimate of drug-likeness (QED) is 0.890. The Morgan fingerprint density at radius 1 is 1.19 bits per heavy atom. The van der Waals surface area contributed by atoms with Gasteiger partial charge < -0.3 is 5.32 Å². The molecule has 0 saturated carbocycles. The zero-order chi connectivity index (χ0) is 11.4. The number of nitrogens with zero attached hydrogens (tertiary/aromatic N) is 2. The molecule has 16 heavy (non-hydrogen) atoms. The van der Waals surface area contributed by atoms with Gasteiger partial charge in [-0.2, -0.15) is 0 Å². The van der Waals surface area contributed by atoms with Crippen LogP contribution in [-0.2, 0) is 13.1 Å². The van der Waals surface area contributed by atoms with Gasteiger partial charge in [-0.25, -0.2) is 8.78 Å². The van der Waals surface area contributed by atoms with E-state index in [1.165, 1.54) is 29.7 Å². The first-order valence-corrected chi connectivity index (χ1v) is 5.50. The van der Waals surface area contributed by atoms with Gasteiger partial charge in [0.2, 0.25) is 0 Å². The van der Waals surface area contributed by atoms with E-state index < -0.39 is 11.6 Å². The third-order valence-corrected chi connectivity index (χ3v) is 2.63. The molecule has 6 heteroatoms. The maximum atomic E-state index is 13.2. The molecule has 0 amide bonds. The number of nitrogens with one attached hydrogen (secondary N) is 1. The molecule has 1 heterocycles. The Hall–Kier alpha value is -1.40. The maximum Gasteiger partial charge on any atom is 0.130 e. The Morgan fingerprint density at radius 2 is 1.94 bits per heavy atom. The van der Waals surface area contributed by atoms with E-state index in [9.17, 15) is 8.78 Å². The van der Waals surface area contributed by atoms with Gasteiger partial charge in [-0.3, -0.25) is 0 Å². The molecule has 2 aromatic rings. The minimum atomic E-state index is -0.538. The monoisotopic (exact) mass is 241 g/mol. The van der Waals surface area contributed by atoms with Crippen LogP contribution in [0.4, 0.5) is 8.78 Å². The lowest BCUT2D eigenvalue weighted by molar-refractivity contribution is 0.534. The van der Waals surface area contributed by atoms with Crippen LogP contribution >= 0.6 is 11.5 Å². The molecule has 0 aliphatic rings. The Balaban J connectivity index is 1.95. The van der Waals surface area contributed by atoms with Crippen LogP contribution in [0.25, 0.3) is 0 Å². The summed E-state index contributed by atoms with van der Waals surface area (Å²) in [6.07, 6.45) is 0.